The fourth-order valence-electron chi connectivity index (χ4n) is 3.47. The number of benzene rings is 2. The minimum atomic E-state index is -3.46. The molecule has 150 valence electrons. The average molecular weight is 412 g/mol. The third-order valence-corrected chi connectivity index (χ3v) is 7.72. The van der Waals surface area contributed by atoms with Crippen LogP contribution >= 0.6 is 7.52 Å². The van der Waals surface area contributed by atoms with Crippen LogP contribution in [0.5, 0.6) is 0 Å². The van der Waals surface area contributed by atoms with Gasteiger partial charge in [-0.1, -0.05) is 32.0 Å². The van der Waals surface area contributed by atoms with Gasteiger partial charge in [0.05, 0.1) is 11.4 Å². The molecular weight excluding hydrogens is 390 g/mol. The molecule has 1 aliphatic heterocycles. The number of para-hydroxylation sites is 1. The highest BCUT2D eigenvalue weighted by Crippen LogP contribution is 2.55. The molecule has 6 nitrogen and oxygen atoms in total. The van der Waals surface area contributed by atoms with Crippen LogP contribution in [-0.2, 0) is 9.09 Å². The summed E-state index contributed by atoms with van der Waals surface area (Å²) in [7, 11) is -3.46. The molecule has 1 atom stereocenters. The summed E-state index contributed by atoms with van der Waals surface area (Å²) < 4.78 is 37.2. The molecule has 8 heteroatoms. The van der Waals surface area contributed by atoms with E-state index in [0.29, 0.717) is 35.5 Å². The highest BCUT2D eigenvalue weighted by molar-refractivity contribution is 7.65. The van der Waals surface area contributed by atoms with Gasteiger partial charge in [0.25, 0.3) is 0 Å². The molecule has 2 aromatic carbocycles. The van der Waals surface area contributed by atoms with Gasteiger partial charge in [0.15, 0.2) is 5.82 Å². The predicted molar refractivity (Wildman–Crippen MR) is 112 cm³/mol. The van der Waals surface area contributed by atoms with E-state index in [2.05, 4.69) is 10.1 Å². The van der Waals surface area contributed by atoms with Crippen molar-refractivity contribution in [3.05, 3.63) is 71.7 Å². The second-order valence-electron chi connectivity index (χ2n) is 6.68. The number of aryl methyl sites for hydroxylation is 1. The van der Waals surface area contributed by atoms with E-state index >= 15 is 0 Å². The van der Waals surface area contributed by atoms with Crippen LogP contribution in [0, 0.1) is 12.7 Å². The summed E-state index contributed by atoms with van der Waals surface area (Å²) in [5.74, 6) is 0.322. The Labute approximate surface area is 169 Å². The fraction of sp³-hybridized carbons (Fsp3) is 0.238. The van der Waals surface area contributed by atoms with E-state index in [4.69, 9.17) is 4.52 Å². The van der Waals surface area contributed by atoms with Crippen molar-refractivity contribution in [1.29, 1.82) is 0 Å². The summed E-state index contributed by atoms with van der Waals surface area (Å²) in [5.41, 5.74) is 1.98. The average Bonchev–Trinajstić information content (AvgIpc) is 3.07. The first kappa shape index (κ1) is 19.6. The number of fused-ring (bicyclic) bond motifs is 1. The van der Waals surface area contributed by atoms with Gasteiger partial charge in [-0.05, 0) is 43.3 Å². The number of halogens is 1. The summed E-state index contributed by atoms with van der Waals surface area (Å²) in [6, 6.07) is 15.4. The van der Waals surface area contributed by atoms with Gasteiger partial charge in [-0.2, -0.15) is 10.1 Å². The normalized spacial score (nSPS) is 18.3. The van der Waals surface area contributed by atoms with Gasteiger partial charge in [-0.15, -0.1) is 0 Å². The predicted octanol–water partition coefficient (Wildman–Crippen LogP) is 4.59. The third kappa shape index (κ3) is 3.30. The van der Waals surface area contributed by atoms with Crippen LogP contribution in [0.3, 0.4) is 0 Å². The first-order valence-electron chi connectivity index (χ1n) is 9.53. The molecule has 0 N–H and O–H groups in total. The minimum absolute atomic E-state index is 0.199. The number of aliphatic imine (C=N–C) groups is 1. The van der Waals surface area contributed by atoms with Crippen LogP contribution < -0.4 is 5.30 Å². The molecule has 0 bridgehead atoms. The molecule has 29 heavy (non-hydrogen) atoms. The SMILES string of the molecule is CCN(CC)P1(=O)OC(c2ccc(F)cc2)=Nc2c1c(C)nn2-c1ccccc1. The molecule has 0 spiro atoms. The lowest BCUT2D eigenvalue weighted by Gasteiger charge is -2.32. The Balaban J connectivity index is 1.97. The maximum atomic E-state index is 14.2. The Hall–Kier alpha value is -2.76. The maximum absolute atomic E-state index is 14.2. The molecule has 1 aromatic heterocycles. The topological polar surface area (TPSA) is 59.7 Å². The van der Waals surface area contributed by atoms with Crippen LogP contribution in [0.25, 0.3) is 5.69 Å². The first-order chi connectivity index (χ1) is 14.0. The van der Waals surface area contributed by atoms with E-state index < -0.39 is 7.52 Å². The molecule has 0 aliphatic carbocycles. The summed E-state index contributed by atoms with van der Waals surface area (Å²) in [5, 5.41) is 5.13. The van der Waals surface area contributed by atoms with Crippen molar-refractivity contribution in [3.8, 4) is 5.69 Å². The van der Waals surface area contributed by atoms with Crippen molar-refractivity contribution < 1.29 is 13.5 Å². The summed E-state index contributed by atoms with van der Waals surface area (Å²) in [6.07, 6.45) is 0. The second-order valence-corrected chi connectivity index (χ2v) is 8.92. The van der Waals surface area contributed by atoms with Crippen LogP contribution in [0.15, 0.2) is 59.6 Å². The quantitative estimate of drug-likeness (QED) is 0.575. The fourth-order valence-corrected chi connectivity index (χ4v) is 5.94. The molecule has 0 radical (unpaired) electrons. The van der Waals surface area contributed by atoms with Gasteiger partial charge in [-0.3, -0.25) is 4.57 Å². The van der Waals surface area contributed by atoms with Crippen molar-refractivity contribution in [2.75, 3.05) is 13.1 Å². The monoisotopic (exact) mass is 412 g/mol. The Bertz CT molecular complexity index is 1110. The van der Waals surface area contributed by atoms with E-state index in [1.807, 2.05) is 51.1 Å². The Kier molecular flexibility index (Phi) is 5.11. The van der Waals surface area contributed by atoms with E-state index in [9.17, 15) is 8.96 Å². The van der Waals surface area contributed by atoms with Crippen LogP contribution in [-0.4, -0.2) is 33.4 Å². The van der Waals surface area contributed by atoms with Crippen LogP contribution in [0.1, 0.15) is 25.1 Å². The largest absolute Gasteiger partial charge is 0.410 e. The van der Waals surface area contributed by atoms with E-state index in [1.165, 1.54) is 12.1 Å². The van der Waals surface area contributed by atoms with E-state index in [1.54, 1.807) is 21.5 Å². The maximum Gasteiger partial charge on any atom is 0.356 e. The third-order valence-electron chi connectivity index (χ3n) is 4.90. The van der Waals surface area contributed by atoms with Gasteiger partial charge < -0.3 is 4.52 Å². The molecule has 2 heterocycles. The van der Waals surface area contributed by atoms with Crippen molar-refractivity contribution in [2.24, 2.45) is 4.99 Å². The summed E-state index contributed by atoms with van der Waals surface area (Å²) in [6.45, 7) is 6.77. The van der Waals surface area contributed by atoms with Gasteiger partial charge in [0, 0.05) is 18.7 Å². The van der Waals surface area contributed by atoms with Crippen molar-refractivity contribution in [2.45, 2.75) is 20.8 Å². The van der Waals surface area contributed by atoms with Gasteiger partial charge >= 0.3 is 7.52 Å². The molecule has 1 aliphatic rings. The zero-order chi connectivity index (χ0) is 20.6. The Morgan fingerprint density at radius 1 is 1.07 bits per heavy atom. The first-order valence-corrected chi connectivity index (χ1v) is 11.1. The van der Waals surface area contributed by atoms with E-state index in [0.717, 1.165) is 5.69 Å². The Morgan fingerprint density at radius 3 is 2.34 bits per heavy atom. The lowest BCUT2D eigenvalue weighted by molar-refractivity contribution is 0.376. The molecular formula is C21H22FN4O2P. The standard InChI is InChI=1S/C21H22FN4O2P/c1-4-25(5-2)29(27)19-15(3)24-26(18-9-7-6-8-10-18)20(19)23-21(28-29)16-11-13-17(22)14-12-16/h6-14H,4-5H2,1-3H3. The molecule has 1 unspecified atom stereocenters. The van der Waals surface area contributed by atoms with Gasteiger partial charge in [0.1, 0.15) is 11.1 Å². The zero-order valence-corrected chi connectivity index (χ0v) is 17.4. The highest BCUT2D eigenvalue weighted by atomic mass is 31.2. The molecule has 0 amide bonds. The number of hydrogen-bond acceptors (Lipinski definition) is 4. The van der Waals surface area contributed by atoms with Crippen LogP contribution in [0.4, 0.5) is 10.2 Å². The lowest BCUT2D eigenvalue weighted by atomic mass is 10.2. The molecule has 0 fully saturated rings. The van der Waals surface area contributed by atoms with Crippen molar-refractivity contribution in [3.63, 3.8) is 0 Å². The molecule has 0 saturated heterocycles. The molecule has 4 rings (SSSR count). The van der Waals surface area contributed by atoms with Gasteiger partial charge in [-0.25, -0.2) is 13.7 Å². The molecule has 0 saturated carbocycles. The smallest absolute Gasteiger partial charge is 0.356 e. The van der Waals surface area contributed by atoms with Crippen molar-refractivity contribution in [1.82, 2.24) is 14.5 Å². The summed E-state index contributed by atoms with van der Waals surface area (Å²) in [4.78, 5) is 4.66. The van der Waals surface area contributed by atoms with E-state index in [-0.39, 0.29) is 11.7 Å². The van der Waals surface area contributed by atoms with Crippen molar-refractivity contribution >= 4 is 24.5 Å². The number of nitrogens with zero attached hydrogens (tertiary/aromatic N) is 4. The number of aromatic nitrogens is 2. The lowest BCUT2D eigenvalue weighted by Crippen LogP contribution is -2.32. The number of rotatable bonds is 5. The molecule has 3 aromatic rings. The minimum Gasteiger partial charge on any atom is -0.410 e. The Morgan fingerprint density at radius 2 is 1.72 bits per heavy atom. The summed E-state index contributed by atoms with van der Waals surface area (Å²) >= 11 is 0. The second kappa shape index (κ2) is 7.58. The zero-order valence-electron chi connectivity index (χ0n) is 16.5. The van der Waals surface area contributed by atoms with Crippen LogP contribution in [0.2, 0.25) is 0 Å². The highest BCUT2D eigenvalue weighted by Gasteiger charge is 2.44. The number of hydrogen-bond donors (Lipinski definition) is 0. The van der Waals surface area contributed by atoms with Gasteiger partial charge in [0.2, 0.25) is 5.90 Å².